The minimum atomic E-state index is -0.265. The van der Waals surface area contributed by atoms with Crippen LogP contribution in [0.2, 0.25) is 0 Å². The molecule has 4 rings (SSSR count). The lowest BCUT2D eigenvalue weighted by Crippen LogP contribution is -2.25. The lowest BCUT2D eigenvalue weighted by Gasteiger charge is -2.18. The van der Waals surface area contributed by atoms with Crippen LogP contribution in [0.3, 0.4) is 0 Å². The number of ether oxygens (including phenoxy) is 1. The van der Waals surface area contributed by atoms with E-state index in [1.807, 2.05) is 12.1 Å². The van der Waals surface area contributed by atoms with Crippen LogP contribution in [0, 0.1) is 0 Å². The van der Waals surface area contributed by atoms with Crippen LogP contribution < -0.4 is 10.2 Å². The zero-order valence-electron chi connectivity index (χ0n) is 14.4. The maximum atomic E-state index is 11.7. The average Bonchev–Trinajstić information content (AvgIpc) is 3.33. The lowest BCUT2D eigenvalue weighted by molar-refractivity contribution is 0.181. The highest BCUT2D eigenvalue weighted by Crippen LogP contribution is 2.23. The molecule has 0 radical (unpaired) electrons. The Balaban J connectivity index is 1.36. The van der Waals surface area contributed by atoms with E-state index < -0.39 is 0 Å². The first kappa shape index (κ1) is 16.1. The molecule has 7 heteroatoms. The molecule has 0 spiro atoms. The summed E-state index contributed by atoms with van der Waals surface area (Å²) >= 11 is 0. The monoisotopic (exact) mass is 341 g/mol. The number of carbonyl (C=O) groups is 1. The van der Waals surface area contributed by atoms with Crippen LogP contribution in [0.25, 0.3) is 0 Å². The van der Waals surface area contributed by atoms with Gasteiger partial charge >= 0.3 is 6.09 Å². The van der Waals surface area contributed by atoms with E-state index in [2.05, 4.69) is 39.1 Å². The maximum absolute atomic E-state index is 11.7. The van der Waals surface area contributed by atoms with Crippen molar-refractivity contribution >= 4 is 11.8 Å². The van der Waals surface area contributed by atoms with Gasteiger partial charge in [0.1, 0.15) is 18.3 Å². The molecule has 132 valence electrons. The first-order valence-corrected chi connectivity index (χ1v) is 8.91. The molecule has 2 aliphatic rings. The molecule has 1 aromatic carbocycles. The van der Waals surface area contributed by atoms with Crippen molar-refractivity contribution in [1.29, 1.82) is 0 Å². The molecule has 1 atom stereocenters. The van der Waals surface area contributed by atoms with E-state index in [9.17, 15) is 4.79 Å². The van der Waals surface area contributed by atoms with Crippen LogP contribution >= 0.6 is 0 Å². The fourth-order valence-corrected chi connectivity index (χ4v) is 3.50. The van der Waals surface area contributed by atoms with Gasteiger partial charge in [-0.3, -0.25) is 4.90 Å². The molecule has 1 amide bonds. The van der Waals surface area contributed by atoms with Crippen LogP contribution in [-0.2, 0) is 24.1 Å². The molecular formula is C18H23N5O2. The lowest BCUT2D eigenvalue weighted by atomic mass is 10.1. The summed E-state index contributed by atoms with van der Waals surface area (Å²) in [6.45, 7) is 5.09. The highest BCUT2D eigenvalue weighted by molar-refractivity contribution is 5.89. The number of cyclic esters (lactones) is 1. The van der Waals surface area contributed by atoms with Crippen LogP contribution in [0.1, 0.15) is 36.6 Å². The number of hydrogen-bond donors (Lipinski definition) is 1. The topological polar surface area (TPSA) is 72.3 Å². The van der Waals surface area contributed by atoms with Crippen molar-refractivity contribution < 1.29 is 9.53 Å². The molecule has 1 aromatic heterocycles. The molecule has 7 nitrogen and oxygen atoms in total. The van der Waals surface area contributed by atoms with Crippen molar-refractivity contribution in [2.24, 2.45) is 0 Å². The van der Waals surface area contributed by atoms with Crippen molar-refractivity contribution in [3.05, 3.63) is 41.5 Å². The van der Waals surface area contributed by atoms with E-state index in [0.29, 0.717) is 13.2 Å². The standard InChI is InChI=1S/C18H23N5O2/c1-13(19-8-7-17-21-20-16-6-3-9-23(16)17)14-4-2-5-15(12-14)22-10-11-25-18(22)24/h2,4-5,12-13,19H,3,6-11H2,1H3/t13-/m1/s1. The number of rotatable bonds is 6. The van der Waals surface area contributed by atoms with Crippen molar-refractivity contribution in [2.45, 2.75) is 38.8 Å². The number of aryl methyl sites for hydroxylation is 1. The summed E-state index contributed by atoms with van der Waals surface area (Å²) in [5.74, 6) is 2.19. The van der Waals surface area contributed by atoms with Crippen LogP contribution in [0.5, 0.6) is 0 Å². The Bertz CT molecular complexity index is 773. The van der Waals surface area contributed by atoms with Crippen LogP contribution in [-0.4, -0.2) is 40.6 Å². The summed E-state index contributed by atoms with van der Waals surface area (Å²) in [5.41, 5.74) is 2.05. The number of anilines is 1. The van der Waals surface area contributed by atoms with E-state index in [0.717, 1.165) is 48.8 Å². The number of amides is 1. The third-order valence-electron chi connectivity index (χ3n) is 4.93. The van der Waals surface area contributed by atoms with E-state index in [4.69, 9.17) is 4.74 Å². The molecule has 1 saturated heterocycles. The predicted octanol–water partition coefficient (Wildman–Crippen LogP) is 2.07. The Labute approximate surface area is 147 Å². The van der Waals surface area contributed by atoms with Gasteiger partial charge in [-0.2, -0.15) is 0 Å². The van der Waals surface area contributed by atoms with Gasteiger partial charge in [0.05, 0.1) is 6.54 Å². The van der Waals surface area contributed by atoms with Crippen molar-refractivity contribution in [3.63, 3.8) is 0 Å². The molecule has 0 bridgehead atoms. The minimum Gasteiger partial charge on any atom is -0.447 e. The molecule has 3 heterocycles. The largest absolute Gasteiger partial charge is 0.447 e. The number of benzene rings is 1. The van der Waals surface area contributed by atoms with Crippen molar-refractivity contribution in [1.82, 2.24) is 20.1 Å². The third-order valence-corrected chi connectivity index (χ3v) is 4.93. The highest BCUT2D eigenvalue weighted by atomic mass is 16.6. The van der Waals surface area contributed by atoms with Gasteiger partial charge in [-0.1, -0.05) is 12.1 Å². The van der Waals surface area contributed by atoms with E-state index in [-0.39, 0.29) is 12.1 Å². The van der Waals surface area contributed by atoms with E-state index in [1.54, 1.807) is 4.90 Å². The van der Waals surface area contributed by atoms with Gasteiger partial charge in [0, 0.05) is 37.7 Å². The summed E-state index contributed by atoms with van der Waals surface area (Å²) in [6, 6.07) is 8.26. The fraction of sp³-hybridized carbons (Fsp3) is 0.500. The second-order valence-electron chi connectivity index (χ2n) is 6.57. The first-order valence-electron chi connectivity index (χ1n) is 8.91. The quantitative estimate of drug-likeness (QED) is 0.871. The van der Waals surface area contributed by atoms with Gasteiger partial charge in [0.25, 0.3) is 0 Å². The molecular weight excluding hydrogens is 318 g/mol. The maximum Gasteiger partial charge on any atom is 0.414 e. The van der Waals surface area contributed by atoms with Gasteiger partial charge in [-0.25, -0.2) is 4.79 Å². The Kier molecular flexibility index (Phi) is 4.40. The Morgan fingerprint density at radius 1 is 1.32 bits per heavy atom. The molecule has 0 aliphatic carbocycles. The molecule has 0 unspecified atom stereocenters. The normalized spacial score (nSPS) is 17.6. The molecule has 2 aromatic rings. The minimum absolute atomic E-state index is 0.194. The summed E-state index contributed by atoms with van der Waals surface area (Å²) in [4.78, 5) is 13.4. The summed E-state index contributed by atoms with van der Waals surface area (Å²) in [7, 11) is 0. The second-order valence-corrected chi connectivity index (χ2v) is 6.57. The number of nitrogens with zero attached hydrogens (tertiary/aromatic N) is 4. The summed E-state index contributed by atoms with van der Waals surface area (Å²) < 4.78 is 7.26. The molecule has 1 N–H and O–H groups in total. The predicted molar refractivity (Wildman–Crippen MR) is 93.6 cm³/mol. The van der Waals surface area contributed by atoms with Crippen LogP contribution in [0.15, 0.2) is 24.3 Å². The number of carbonyl (C=O) groups excluding carboxylic acids is 1. The summed E-state index contributed by atoms with van der Waals surface area (Å²) in [5, 5.41) is 12.1. The van der Waals surface area contributed by atoms with Crippen molar-refractivity contribution in [3.8, 4) is 0 Å². The van der Waals surface area contributed by atoms with Gasteiger partial charge < -0.3 is 14.6 Å². The van der Waals surface area contributed by atoms with Crippen molar-refractivity contribution in [2.75, 3.05) is 24.6 Å². The first-order chi connectivity index (χ1) is 12.2. The highest BCUT2D eigenvalue weighted by Gasteiger charge is 2.24. The molecule has 1 fully saturated rings. The zero-order valence-corrected chi connectivity index (χ0v) is 14.4. The van der Waals surface area contributed by atoms with E-state index in [1.165, 1.54) is 6.42 Å². The average molecular weight is 341 g/mol. The van der Waals surface area contributed by atoms with Gasteiger partial charge in [-0.15, -0.1) is 10.2 Å². The van der Waals surface area contributed by atoms with Crippen LogP contribution in [0.4, 0.5) is 10.5 Å². The van der Waals surface area contributed by atoms with E-state index >= 15 is 0 Å². The Morgan fingerprint density at radius 2 is 2.24 bits per heavy atom. The number of hydrogen-bond acceptors (Lipinski definition) is 5. The number of fused-ring (bicyclic) bond motifs is 1. The summed E-state index contributed by atoms with van der Waals surface area (Å²) in [6.07, 6.45) is 2.82. The second kappa shape index (κ2) is 6.84. The zero-order chi connectivity index (χ0) is 17.2. The third kappa shape index (κ3) is 3.24. The molecule has 2 aliphatic heterocycles. The smallest absolute Gasteiger partial charge is 0.414 e. The number of nitrogens with one attached hydrogen (secondary N) is 1. The van der Waals surface area contributed by atoms with Gasteiger partial charge in [-0.05, 0) is 31.0 Å². The van der Waals surface area contributed by atoms with Gasteiger partial charge in [0.15, 0.2) is 0 Å². The Morgan fingerprint density at radius 3 is 3.08 bits per heavy atom. The van der Waals surface area contributed by atoms with Gasteiger partial charge in [0.2, 0.25) is 0 Å². The fourth-order valence-electron chi connectivity index (χ4n) is 3.50. The molecule has 25 heavy (non-hydrogen) atoms. The number of aromatic nitrogens is 3. The SMILES string of the molecule is C[C@@H](NCCc1nnc2n1CCC2)c1cccc(N2CCOC2=O)c1. The Hall–Kier alpha value is -2.41. The molecule has 0 saturated carbocycles.